The van der Waals surface area contributed by atoms with Crippen molar-refractivity contribution in [2.24, 2.45) is 0 Å². The fourth-order valence-electron chi connectivity index (χ4n) is 1.73. The molecule has 0 saturated heterocycles. The van der Waals surface area contributed by atoms with Gasteiger partial charge in [-0.15, -0.1) is 0 Å². The molecule has 0 aliphatic carbocycles. The maximum atomic E-state index is 11.9. The molecule has 116 valence electrons. The van der Waals surface area contributed by atoms with Crippen molar-refractivity contribution in [1.29, 1.82) is 0 Å². The Labute approximate surface area is 125 Å². The molecule has 0 spiro atoms. The molecule has 1 aromatic carbocycles. The molecule has 0 aromatic heterocycles. The molecule has 0 atom stereocenters. The standard InChI is InChI=1S/C15H24N4O2/c1-11-5-6-12(16)9-13(11)17-14(20)7-8-19(4)10-15(21)18(2)3/h5-6,9H,7-8,10,16H2,1-4H3,(H,17,20). The lowest BCUT2D eigenvalue weighted by Gasteiger charge is -2.18. The number of carbonyl (C=O) groups is 2. The Bertz CT molecular complexity index is 514. The van der Waals surface area contributed by atoms with Crippen LogP contribution in [0.2, 0.25) is 0 Å². The fourth-order valence-corrected chi connectivity index (χ4v) is 1.73. The van der Waals surface area contributed by atoms with Crippen molar-refractivity contribution in [3.8, 4) is 0 Å². The van der Waals surface area contributed by atoms with Crippen LogP contribution in [-0.2, 0) is 9.59 Å². The topological polar surface area (TPSA) is 78.7 Å². The first-order valence-corrected chi connectivity index (χ1v) is 6.84. The number of nitrogens with two attached hydrogens (primary N) is 1. The number of anilines is 2. The Morgan fingerprint density at radius 1 is 1.24 bits per heavy atom. The molecule has 0 aliphatic heterocycles. The lowest BCUT2D eigenvalue weighted by Crippen LogP contribution is -2.35. The molecule has 2 amide bonds. The maximum absolute atomic E-state index is 11.9. The molecular weight excluding hydrogens is 268 g/mol. The molecule has 6 heteroatoms. The SMILES string of the molecule is Cc1ccc(N)cc1NC(=O)CCN(C)CC(=O)N(C)C. The van der Waals surface area contributed by atoms with Gasteiger partial charge in [0, 0.05) is 38.4 Å². The largest absolute Gasteiger partial charge is 0.399 e. The molecule has 1 aromatic rings. The van der Waals surface area contributed by atoms with Crippen LogP contribution in [0.1, 0.15) is 12.0 Å². The molecule has 0 bridgehead atoms. The monoisotopic (exact) mass is 292 g/mol. The van der Waals surface area contributed by atoms with Crippen molar-refractivity contribution in [2.75, 3.05) is 45.3 Å². The van der Waals surface area contributed by atoms with Crippen LogP contribution in [0.15, 0.2) is 18.2 Å². The minimum atomic E-state index is -0.0900. The summed E-state index contributed by atoms with van der Waals surface area (Å²) in [5.41, 5.74) is 8.02. The Hall–Kier alpha value is -2.08. The predicted octanol–water partition coefficient (Wildman–Crippen LogP) is 0.926. The number of hydrogen-bond donors (Lipinski definition) is 2. The normalized spacial score (nSPS) is 10.5. The number of amides is 2. The van der Waals surface area contributed by atoms with E-state index in [-0.39, 0.29) is 11.8 Å². The molecule has 0 radical (unpaired) electrons. The van der Waals surface area contributed by atoms with Crippen LogP contribution in [0.4, 0.5) is 11.4 Å². The summed E-state index contributed by atoms with van der Waals surface area (Å²) >= 11 is 0. The van der Waals surface area contributed by atoms with Gasteiger partial charge < -0.3 is 16.0 Å². The molecule has 21 heavy (non-hydrogen) atoms. The molecule has 0 saturated carbocycles. The third-order valence-electron chi connectivity index (χ3n) is 3.16. The zero-order chi connectivity index (χ0) is 16.0. The van der Waals surface area contributed by atoms with Crippen LogP contribution >= 0.6 is 0 Å². The number of nitrogens with one attached hydrogen (secondary N) is 1. The summed E-state index contributed by atoms with van der Waals surface area (Å²) in [4.78, 5) is 26.8. The van der Waals surface area contributed by atoms with Gasteiger partial charge in [-0.2, -0.15) is 0 Å². The van der Waals surface area contributed by atoms with Crippen molar-refractivity contribution in [1.82, 2.24) is 9.80 Å². The van der Waals surface area contributed by atoms with Gasteiger partial charge in [-0.3, -0.25) is 14.5 Å². The second-order valence-corrected chi connectivity index (χ2v) is 5.40. The molecule has 0 heterocycles. The van der Waals surface area contributed by atoms with Crippen LogP contribution in [0.3, 0.4) is 0 Å². The Balaban J connectivity index is 2.44. The molecule has 0 aliphatic rings. The molecule has 6 nitrogen and oxygen atoms in total. The average molecular weight is 292 g/mol. The van der Waals surface area contributed by atoms with E-state index < -0.39 is 0 Å². The summed E-state index contributed by atoms with van der Waals surface area (Å²) < 4.78 is 0. The summed E-state index contributed by atoms with van der Waals surface area (Å²) in [6, 6.07) is 5.41. The summed E-state index contributed by atoms with van der Waals surface area (Å²) in [5.74, 6) is -0.0718. The van der Waals surface area contributed by atoms with Crippen molar-refractivity contribution >= 4 is 23.2 Å². The Morgan fingerprint density at radius 3 is 2.52 bits per heavy atom. The summed E-state index contributed by atoms with van der Waals surface area (Å²) in [6.45, 7) is 2.74. The minimum Gasteiger partial charge on any atom is -0.399 e. The first-order valence-electron chi connectivity index (χ1n) is 6.84. The van der Waals surface area contributed by atoms with Gasteiger partial charge in [0.2, 0.25) is 11.8 Å². The lowest BCUT2D eigenvalue weighted by atomic mass is 10.2. The number of benzene rings is 1. The zero-order valence-electron chi connectivity index (χ0n) is 13.1. The van der Waals surface area contributed by atoms with E-state index in [2.05, 4.69) is 5.32 Å². The van der Waals surface area contributed by atoms with Gasteiger partial charge in [-0.05, 0) is 31.7 Å². The highest BCUT2D eigenvalue weighted by Gasteiger charge is 2.11. The van der Waals surface area contributed by atoms with Crippen LogP contribution < -0.4 is 11.1 Å². The first kappa shape index (κ1) is 17.0. The molecule has 0 unspecified atom stereocenters. The first-order chi connectivity index (χ1) is 9.79. The zero-order valence-corrected chi connectivity index (χ0v) is 13.1. The summed E-state index contributed by atoms with van der Waals surface area (Å²) in [5, 5.41) is 2.84. The third kappa shape index (κ3) is 5.83. The van der Waals surface area contributed by atoms with Crippen LogP contribution in [0.25, 0.3) is 0 Å². The smallest absolute Gasteiger partial charge is 0.236 e. The van der Waals surface area contributed by atoms with Gasteiger partial charge in [0.1, 0.15) is 0 Å². The van der Waals surface area contributed by atoms with Crippen LogP contribution in [0.5, 0.6) is 0 Å². The van der Waals surface area contributed by atoms with Gasteiger partial charge >= 0.3 is 0 Å². The van der Waals surface area contributed by atoms with E-state index >= 15 is 0 Å². The minimum absolute atomic E-state index is 0.0181. The van der Waals surface area contributed by atoms with Crippen molar-refractivity contribution in [3.63, 3.8) is 0 Å². The number of nitrogens with zero attached hydrogens (tertiary/aromatic N) is 2. The predicted molar refractivity (Wildman–Crippen MR) is 85.0 cm³/mol. The quantitative estimate of drug-likeness (QED) is 0.764. The van der Waals surface area contributed by atoms with Crippen molar-refractivity contribution in [3.05, 3.63) is 23.8 Å². The van der Waals surface area contributed by atoms with E-state index in [1.165, 1.54) is 4.90 Å². The Morgan fingerprint density at radius 2 is 1.90 bits per heavy atom. The van der Waals surface area contributed by atoms with Crippen LogP contribution in [-0.4, -0.2) is 55.8 Å². The van der Waals surface area contributed by atoms with Crippen molar-refractivity contribution in [2.45, 2.75) is 13.3 Å². The average Bonchev–Trinajstić information content (AvgIpc) is 2.40. The van der Waals surface area contributed by atoms with E-state index in [4.69, 9.17) is 5.73 Å². The molecular formula is C15H24N4O2. The molecule has 1 rings (SSSR count). The van der Waals surface area contributed by atoms with E-state index in [9.17, 15) is 9.59 Å². The highest BCUT2D eigenvalue weighted by molar-refractivity contribution is 5.92. The number of hydrogen-bond acceptors (Lipinski definition) is 4. The van der Waals surface area contributed by atoms with Gasteiger partial charge in [-0.1, -0.05) is 6.07 Å². The number of aryl methyl sites for hydroxylation is 1. The number of rotatable bonds is 6. The highest BCUT2D eigenvalue weighted by Crippen LogP contribution is 2.18. The summed E-state index contributed by atoms with van der Waals surface area (Å²) in [7, 11) is 5.25. The van der Waals surface area contributed by atoms with E-state index in [1.54, 1.807) is 26.2 Å². The van der Waals surface area contributed by atoms with E-state index in [1.807, 2.05) is 24.9 Å². The van der Waals surface area contributed by atoms with Gasteiger partial charge in [0.15, 0.2) is 0 Å². The maximum Gasteiger partial charge on any atom is 0.236 e. The second kappa shape index (κ2) is 7.64. The summed E-state index contributed by atoms with van der Waals surface area (Å²) in [6.07, 6.45) is 0.325. The lowest BCUT2D eigenvalue weighted by molar-refractivity contribution is -0.130. The Kier molecular flexibility index (Phi) is 6.17. The third-order valence-corrected chi connectivity index (χ3v) is 3.16. The van der Waals surface area contributed by atoms with Gasteiger partial charge in [0.25, 0.3) is 0 Å². The highest BCUT2D eigenvalue weighted by atomic mass is 16.2. The van der Waals surface area contributed by atoms with Crippen molar-refractivity contribution < 1.29 is 9.59 Å². The fraction of sp³-hybridized carbons (Fsp3) is 0.467. The number of carbonyl (C=O) groups excluding carboxylic acids is 2. The number of nitrogen functional groups attached to an aromatic ring is 1. The van der Waals surface area contributed by atoms with Gasteiger partial charge in [0.05, 0.1) is 6.54 Å². The van der Waals surface area contributed by atoms with Crippen LogP contribution in [0, 0.1) is 6.92 Å². The second-order valence-electron chi connectivity index (χ2n) is 5.40. The molecule has 0 fully saturated rings. The number of likely N-dealkylation sites (N-methyl/N-ethyl adjacent to an activating group) is 2. The molecule has 3 N–H and O–H groups in total. The van der Waals surface area contributed by atoms with E-state index in [0.29, 0.717) is 25.2 Å². The van der Waals surface area contributed by atoms with Gasteiger partial charge in [-0.25, -0.2) is 0 Å². The van der Waals surface area contributed by atoms with E-state index in [0.717, 1.165) is 11.3 Å².